The van der Waals surface area contributed by atoms with E-state index >= 15 is 0 Å². The molecule has 0 aliphatic heterocycles. The number of rotatable bonds is 8. The maximum atomic E-state index is 12.7. The third kappa shape index (κ3) is 4.78. The molecule has 0 unspecified atom stereocenters. The average Bonchev–Trinajstić information content (AvgIpc) is 2.72. The summed E-state index contributed by atoms with van der Waals surface area (Å²) in [5.41, 5.74) is 3.07. The molecular weight excluding hydrogens is 356 g/mol. The van der Waals surface area contributed by atoms with Gasteiger partial charge in [-0.1, -0.05) is 12.1 Å². The lowest BCUT2D eigenvalue weighted by Gasteiger charge is -2.10. The van der Waals surface area contributed by atoms with Gasteiger partial charge < -0.3 is 19.5 Å². The van der Waals surface area contributed by atoms with Crippen molar-refractivity contribution in [2.75, 3.05) is 27.4 Å². The number of hydrogen-bond acceptors (Lipinski definition) is 5. The lowest BCUT2D eigenvalue weighted by atomic mass is 10.1. The molecule has 2 aromatic carbocycles. The second-order valence-corrected chi connectivity index (χ2v) is 6.35. The summed E-state index contributed by atoms with van der Waals surface area (Å²) < 4.78 is 15.8. The van der Waals surface area contributed by atoms with Crippen molar-refractivity contribution in [2.45, 2.75) is 13.5 Å². The molecule has 0 saturated carbocycles. The molecule has 0 saturated heterocycles. The maximum absolute atomic E-state index is 12.7. The number of benzene rings is 2. The molecule has 0 atom stereocenters. The topological polar surface area (TPSA) is 69.7 Å². The van der Waals surface area contributed by atoms with E-state index in [0.29, 0.717) is 31.0 Å². The first-order valence-electron chi connectivity index (χ1n) is 9.05. The Kier molecular flexibility index (Phi) is 6.45. The highest BCUT2D eigenvalue weighted by atomic mass is 16.5. The van der Waals surface area contributed by atoms with Gasteiger partial charge in [0, 0.05) is 19.0 Å². The summed E-state index contributed by atoms with van der Waals surface area (Å²) in [5.74, 6) is 1.35. The first-order valence-corrected chi connectivity index (χ1v) is 9.05. The Hall–Kier alpha value is -3.12. The Morgan fingerprint density at radius 3 is 2.46 bits per heavy atom. The van der Waals surface area contributed by atoms with Gasteiger partial charge in [-0.05, 0) is 48.9 Å². The van der Waals surface area contributed by atoms with Crippen LogP contribution in [0.15, 0.2) is 48.5 Å². The standard InChI is InChI=1S/C22H24N2O4/c1-15-20(13-17-12-19(27-3)8-9-21(17)24-15)22(25)23-14-16-4-6-18(7-5-16)28-11-10-26-2/h4-9,12-13H,10-11,14H2,1-3H3,(H,23,25). The molecule has 1 aromatic heterocycles. The van der Waals surface area contributed by atoms with Crippen molar-refractivity contribution in [3.63, 3.8) is 0 Å². The summed E-state index contributed by atoms with van der Waals surface area (Å²) in [7, 11) is 3.25. The van der Waals surface area contributed by atoms with Crippen LogP contribution in [-0.4, -0.2) is 38.3 Å². The van der Waals surface area contributed by atoms with E-state index in [1.165, 1.54) is 0 Å². The zero-order chi connectivity index (χ0) is 19.9. The van der Waals surface area contributed by atoms with Gasteiger partial charge >= 0.3 is 0 Å². The lowest BCUT2D eigenvalue weighted by Crippen LogP contribution is -2.24. The van der Waals surface area contributed by atoms with Crippen molar-refractivity contribution in [1.82, 2.24) is 10.3 Å². The van der Waals surface area contributed by atoms with Crippen molar-refractivity contribution >= 4 is 16.8 Å². The predicted molar refractivity (Wildman–Crippen MR) is 108 cm³/mol. The number of methoxy groups -OCH3 is 2. The van der Waals surface area contributed by atoms with Crippen molar-refractivity contribution < 1.29 is 19.0 Å². The zero-order valence-corrected chi connectivity index (χ0v) is 16.3. The monoisotopic (exact) mass is 380 g/mol. The quantitative estimate of drug-likeness (QED) is 0.606. The Bertz CT molecular complexity index is 955. The van der Waals surface area contributed by atoms with E-state index in [4.69, 9.17) is 14.2 Å². The van der Waals surface area contributed by atoms with Crippen LogP contribution in [0.2, 0.25) is 0 Å². The Morgan fingerprint density at radius 1 is 1.00 bits per heavy atom. The van der Waals surface area contributed by atoms with Crippen molar-refractivity contribution in [3.8, 4) is 11.5 Å². The highest BCUT2D eigenvalue weighted by Gasteiger charge is 2.12. The maximum Gasteiger partial charge on any atom is 0.253 e. The number of aromatic nitrogens is 1. The van der Waals surface area contributed by atoms with Gasteiger partial charge in [-0.15, -0.1) is 0 Å². The molecule has 28 heavy (non-hydrogen) atoms. The molecule has 3 rings (SSSR count). The van der Waals surface area contributed by atoms with Gasteiger partial charge in [0.25, 0.3) is 5.91 Å². The van der Waals surface area contributed by atoms with Crippen LogP contribution in [0.1, 0.15) is 21.6 Å². The average molecular weight is 380 g/mol. The van der Waals surface area contributed by atoms with Gasteiger partial charge in [-0.2, -0.15) is 0 Å². The van der Waals surface area contributed by atoms with Crippen LogP contribution < -0.4 is 14.8 Å². The fourth-order valence-electron chi connectivity index (χ4n) is 2.83. The molecule has 3 aromatic rings. The lowest BCUT2D eigenvalue weighted by molar-refractivity contribution is 0.0950. The molecule has 1 N–H and O–H groups in total. The fourth-order valence-corrected chi connectivity index (χ4v) is 2.83. The van der Waals surface area contributed by atoms with Gasteiger partial charge in [0.1, 0.15) is 18.1 Å². The second-order valence-electron chi connectivity index (χ2n) is 6.35. The second kappa shape index (κ2) is 9.19. The number of carbonyl (C=O) groups excluding carboxylic acids is 1. The Morgan fingerprint density at radius 2 is 1.75 bits per heavy atom. The minimum atomic E-state index is -0.157. The summed E-state index contributed by atoms with van der Waals surface area (Å²) in [5, 5.41) is 3.82. The molecule has 1 heterocycles. The van der Waals surface area contributed by atoms with Crippen LogP contribution in [0.5, 0.6) is 11.5 Å². The minimum Gasteiger partial charge on any atom is -0.497 e. The first kappa shape index (κ1) is 19.6. The van der Waals surface area contributed by atoms with E-state index < -0.39 is 0 Å². The van der Waals surface area contributed by atoms with Gasteiger partial charge in [0.2, 0.25) is 0 Å². The first-order chi connectivity index (χ1) is 13.6. The van der Waals surface area contributed by atoms with Crippen LogP contribution in [0.3, 0.4) is 0 Å². The molecule has 0 aliphatic carbocycles. The highest BCUT2D eigenvalue weighted by Crippen LogP contribution is 2.22. The number of nitrogens with one attached hydrogen (secondary N) is 1. The van der Waals surface area contributed by atoms with Crippen molar-refractivity contribution in [3.05, 3.63) is 65.4 Å². The molecule has 1 amide bonds. The van der Waals surface area contributed by atoms with E-state index in [1.807, 2.05) is 55.5 Å². The number of ether oxygens (including phenoxy) is 3. The van der Waals surface area contributed by atoms with Gasteiger partial charge in [-0.3, -0.25) is 9.78 Å². The number of nitrogens with zero attached hydrogens (tertiary/aromatic N) is 1. The van der Waals surface area contributed by atoms with Crippen LogP contribution in [0.25, 0.3) is 10.9 Å². The Balaban J connectivity index is 1.66. The number of aryl methyl sites for hydroxylation is 1. The molecule has 0 aliphatic rings. The van der Waals surface area contributed by atoms with E-state index in [0.717, 1.165) is 28.0 Å². The van der Waals surface area contributed by atoms with Crippen LogP contribution in [-0.2, 0) is 11.3 Å². The van der Waals surface area contributed by atoms with E-state index in [1.54, 1.807) is 14.2 Å². The number of amides is 1. The van der Waals surface area contributed by atoms with Crippen molar-refractivity contribution in [2.24, 2.45) is 0 Å². The number of hydrogen-bond donors (Lipinski definition) is 1. The van der Waals surface area contributed by atoms with Gasteiger partial charge in [-0.25, -0.2) is 0 Å². The number of pyridine rings is 1. The molecule has 6 heteroatoms. The third-order valence-electron chi connectivity index (χ3n) is 4.39. The molecular formula is C22H24N2O4. The van der Waals surface area contributed by atoms with Gasteiger partial charge in [0.15, 0.2) is 0 Å². The van der Waals surface area contributed by atoms with Crippen LogP contribution in [0, 0.1) is 6.92 Å². The van der Waals surface area contributed by atoms with E-state index in [9.17, 15) is 4.79 Å². The van der Waals surface area contributed by atoms with Gasteiger partial charge in [0.05, 0.1) is 30.5 Å². The normalized spacial score (nSPS) is 10.7. The molecule has 6 nitrogen and oxygen atoms in total. The fraction of sp³-hybridized carbons (Fsp3) is 0.273. The largest absolute Gasteiger partial charge is 0.497 e. The summed E-state index contributed by atoms with van der Waals surface area (Å²) in [4.78, 5) is 17.2. The minimum absolute atomic E-state index is 0.157. The Labute approximate surface area is 164 Å². The molecule has 0 spiro atoms. The highest BCUT2D eigenvalue weighted by molar-refractivity contribution is 5.98. The van der Waals surface area contributed by atoms with Crippen LogP contribution in [0.4, 0.5) is 0 Å². The summed E-state index contributed by atoms with van der Waals surface area (Å²) in [6.45, 7) is 3.31. The van der Waals surface area contributed by atoms with Crippen LogP contribution >= 0.6 is 0 Å². The summed E-state index contributed by atoms with van der Waals surface area (Å²) in [6, 6.07) is 15.1. The number of carbonyl (C=O) groups is 1. The molecule has 146 valence electrons. The molecule has 0 bridgehead atoms. The molecule has 0 radical (unpaired) electrons. The van der Waals surface area contributed by atoms with E-state index in [-0.39, 0.29) is 5.91 Å². The third-order valence-corrected chi connectivity index (χ3v) is 4.39. The summed E-state index contributed by atoms with van der Waals surface area (Å²) in [6.07, 6.45) is 0. The van der Waals surface area contributed by atoms with E-state index in [2.05, 4.69) is 10.3 Å². The smallest absolute Gasteiger partial charge is 0.253 e. The number of fused-ring (bicyclic) bond motifs is 1. The SMILES string of the molecule is COCCOc1ccc(CNC(=O)c2cc3cc(OC)ccc3nc2C)cc1. The predicted octanol–water partition coefficient (Wildman–Crippen LogP) is 3.51. The summed E-state index contributed by atoms with van der Waals surface area (Å²) >= 11 is 0. The zero-order valence-electron chi connectivity index (χ0n) is 16.3. The molecule has 0 fully saturated rings. The van der Waals surface area contributed by atoms with Crippen molar-refractivity contribution in [1.29, 1.82) is 0 Å².